The van der Waals surface area contributed by atoms with Crippen LogP contribution in [0.4, 0.5) is 17.1 Å². The van der Waals surface area contributed by atoms with Crippen molar-refractivity contribution in [2.24, 2.45) is 0 Å². The van der Waals surface area contributed by atoms with Crippen molar-refractivity contribution in [3.8, 4) is 11.5 Å². The predicted molar refractivity (Wildman–Crippen MR) is 92.3 cm³/mol. The third kappa shape index (κ3) is 3.55. The number of benzene rings is 2. The van der Waals surface area contributed by atoms with E-state index in [0.29, 0.717) is 12.3 Å². The number of nitrogens with one attached hydrogen (secondary N) is 1. The van der Waals surface area contributed by atoms with Crippen LogP contribution in [0.2, 0.25) is 0 Å². The third-order valence-electron chi connectivity index (χ3n) is 3.22. The second-order valence-electron chi connectivity index (χ2n) is 4.80. The zero-order chi connectivity index (χ0) is 17.5. The highest BCUT2D eigenvalue weighted by Gasteiger charge is 2.31. The lowest BCUT2D eigenvalue weighted by Crippen LogP contribution is -2.15. The lowest BCUT2D eigenvalue weighted by atomic mass is 10.1. The molecule has 3 N–H and O–H groups in total. The zero-order valence-corrected chi connectivity index (χ0v) is 13.6. The van der Waals surface area contributed by atoms with E-state index in [-0.39, 0.29) is 35.0 Å². The molecule has 2 aromatic rings. The minimum atomic E-state index is -0.421. The van der Waals surface area contributed by atoms with Gasteiger partial charge in [-0.05, 0) is 32.0 Å². The van der Waals surface area contributed by atoms with E-state index < -0.39 is 5.91 Å². The van der Waals surface area contributed by atoms with E-state index in [1.807, 2.05) is 18.2 Å². The molecule has 1 amide bonds. The molecule has 0 aromatic heterocycles. The average molecular weight is 327 g/mol. The van der Waals surface area contributed by atoms with Crippen LogP contribution in [0.5, 0.6) is 11.5 Å². The predicted octanol–water partition coefficient (Wildman–Crippen LogP) is 3.80. The van der Waals surface area contributed by atoms with Gasteiger partial charge < -0.3 is 20.5 Å². The summed E-state index contributed by atoms with van der Waals surface area (Å²) in [7, 11) is 0. The molecule has 0 bridgehead atoms. The molecule has 2 aromatic carbocycles. The summed E-state index contributed by atoms with van der Waals surface area (Å²) in [6, 6.07) is 10.5. The molecule has 0 aliphatic heterocycles. The normalized spacial score (nSPS) is 9.88. The Hall–Kier alpha value is -3.27. The number of diazo groups is 1. The zero-order valence-electron chi connectivity index (χ0n) is 13.6. The molecule has 24 heavy (non-hydrogen) atoms. The van der Waals surface area contributed by atoms with Gasteiger partial charge in [0, 0.05) is 5.69 Å². The van der Waals surface area contributed by atoms with Gasteiger partial charge in [0.15, 0.2) is 16.4 Å². The van der Waals surface area contributed by atoms with Gasteiger partial charge in [0.05, 0.1) is 18.8 Å². The lowest BCUT2D eigenvalue weighted by molar-refractivity contribution is 0.102. The van der Waals surface area contributed by atoms with Gasteiger partial charge in [-0.15, -0.1) is 0 Å². The molecule has 0 atom stereocenters. The van der Waals surface area contributed by atoms with Crippen molar-refractivity contribution in [1.29, 1.82) is 5.39 Å². The van der Waals surface area contributed by atoms with Crippen LogP contribution in [0.1, 0.15) is 24.2 Å². The smallest absolute Gasteiger partial charge is 0.453 e. The van der Waals surface area contributed by atoms with E-state index in [9.17, 15) is 10.2 Å². The minimum absolute atomic E-state index is 0.0268. The quantitative estimate of drug-likeness (QED) is 0.620. The molecule has 7 heteroatoms. The SMILES string of the molecule is CCOc1cc(C(=O)Nc2ccccc2)c(OCC)c([N+]#N)c1N. The summed E-state index contributed by atoms with van der Waals surface area (Å²) >= 11 is 0. The maximum atomic E-state index is 12.6. The van der Waals surface area contributed by atoms with E-state index in [4.69, 9.17) is 15.2 Å². The van der Waals surface area contributed by atoms with Crippen molar-refractivity contribution in [3.05, 3.63) is 46.9 Å². The third-order valence-corrected chi connectivity index (χ3v) is 3.22. The molecule has 0 unspecified atom stereocenters. The molecule has 124 valence electrons. The number of rotatable bonds is 6. The first-order valence-corrected chi connectivity index (χ1v) is 7.55. The monoisotopic (exact) mass is 327 g/mol. The number of carbonyl (C=O) groups is 1. The summed E-state index contributed by atoms with van der Waals surface area (Å²) in [6.45, 7) is 4.17. The van der Waals surface area contributed by atoms with Crippen LogP contribution < -0.4 is 20.5 Å². The van der Waals surface area contributed by atoms with Gasteiger partial charge in [-0.25, -0.2) is 0 Å². The van der Waals surface area contributed by atoms with Gasteiger partial charge in [0.1, 0.15) is 0 Å². The van der Waals surface area contributed by atoms with E-state index >= 15 is 0 Å². The van der Waals surface area contributed by atoms with Crippen molar-refractivity contribution >= 4 is 23.0 Å². The number of carbonyl (C=O) groups excluding carboxylic acids is 1. The molecule has 0 fully saturated rings. The number of hydrogen-bond acceptors (Lipinski definition) is 5. The van der Waals surface area contributed by atoms with Gasteiger partial charge in [-0.3, -0.25) is 4.79 Å². The molecule has 0 radical (unpaired) electrons. The maximum Gasteiger partial charge on any atom is 0.453 e. The van der Waals surface area contributed by atoms with Gasteiger partial charge in [0.25, 0.3) is 5.91 Å². The summed E-state index contributed by atoms with van der Waals surface area (Å²) in [4.78, 5) is 15.8. The Balaban J connectivity index is 2.51. The van der Waals surface area contributed by atoms with Gasteiger partial charge >= 0.3 is 5.69 Å². The molecular formula is C17H19N4O3+. The molecule has 0 saturated carbocycles. The van der Waals surface area contributed by atoms with Crippen molar-refractivity contribution < 1.29 is 14.3 Å². The number of ether oxygens (including phenoxy) is 2. The van der Waals surface area contributed by atoms with Crippen LogP contribution >= 0.6 is 0 Å². The topological polar surface area (TPSA) is 102 Å². The fourth-order valence-corrected chi connectivity index (χ4v) is 2.19. The molecule has 0 spiro atoms. The van der Waals surface area contributed by atoms with Crippen LogP contribution in [-0.2, 0) is 0 Å². The Morgan fingerprint density at radius 2 is 1.88 bits per heavy atom. The second-order valence-corrected chi connectivity index (χ2v) is 4.80. The summed E-state index contributed by atoms with van der Waals surface area (Å²) < 4.78 is 10.9. The second kappa shape index (κ2) is 7.83. The molecule has 0 heterocycles. The average Bonchev–Trinajstić information content (AvgIpc) is 2.58. The van der Waals surface area contributed by atoms with Crippen LogP contribution in [0, 0.1) is 5.39 Å². The van der Waals surface area contributed by atoms with E-state index in [2.05, 4.69) is 10.3 Å². The van der Waals surface area contributed by atoms with Crippen molar-refractivity contribution in [2.45, 2.75) is 13.8 Å². The Bertz CT molecular complexity index is 770. The lowest BCUT2D eigenvalue weighted by Gasteiger charge is -2.12. The largest absolute Gasteiger partial charge is 0.491 e. The number of amides is 1. The first-order chi connectivity index (χ1) is 11.6. The first-order valence-electron chi connectivity index (χ1n) is 7.55. The number of anilines is 2. The van der Waals surface area contributed by atoms with Crippen molar-refractivity contribution in [2.75, 3.05) is 24.3 Å². The number of para-hydroxylation sites is 1. The van der Waals surface area contributed by atoms with Crippen molar-refractivity contribution in [3.63, 3.8) is 0 Å². The van der Waals surface area contributed by atoms with Gasteiger partial charge in [-0.2, -0.15) is 0 Å². The highest BCUT2D eigenvalue weighted by Crippen LogP contribution is 2.43. The summed E-state index contributed by atoms with van der Waals surface area (Å²) in [6.07, 6.45) is 0. The number of nitrogens with zero attached hydrogens (tertiary/aromatic N) is 2. The molecule has 0 aliphatic carbocycles. The minimum Gasteiger partial charge on any atom is -0.491 e. The van der Waals surface area contributed by atoms with Gasteiger partial charge in [0.2, 0.25) is 11.1 Å². The van der Waals surface area contributed by atoms with Crippen LogP contribution in [-0.4, -0.2) is 19.1 Å². The van der Waals surface area contributed by atoms with E-state index in [1.54, 1.807) is 26.0 Å². The number of nitrogen functional groups attached to an aromatic ring is 1. The van der Waals surface area contributed by atoms with E-state index in [1.165, 1.54) is 6.07 Å². The summed E-state index contributed by atoms with van der Waals surface area (Å²) in [5, 5.41) is 12.1. The Labute approximate surface area is 140 Å². The standard InChI is InChI=1S/C17H18N4O3/c1-3-23-13-10-12(16(24-4-2)15(21-19)14(13)18)17(22)20-11-8-6-5-7-9-11/h5-10H,3-4H2,1-2H3,(H2-,18,20,22)/p+1. The van der Waals surface area contributed by atoms with Gasteiger partial charge in [-0.1, -0.05) is 18.2 Å². The summed E-state index contributed by atoms with van der Waals surface area (Å²) in [5.74, 6) is -0.0585. The fraction of sp³-hybridized carbons (Fsp3) is 0.235. The fourth-order valence-electron chi connectivity index (χ4n) is 2.19. The molecule has 0 saturated heterocycles. The highest BCUT2D eigenvalue weighted by atomic mass is 16.5. The highest BCUT2D eigenvalue weighted by molar-refractivity contribution is 6.09. The van der Waals surface area contributed by atoms with Crippen LogP contribution in [0.15, 0.2) is 36.4 Å². The molecular weight excluding hydrogens is 308 g/mol. The number of hydrogen-bond donors (Lipinski definition) is 2. The maximum absolute atomic E-state index is 12.6. The Morgan fingerprint density at radius 3 is 2.46 bits per heavy atom. The Morgan fingerprint density at radius 1 is 1.21 bits per heavy atom. The first kappa shape index (κ1) is 17.1. The van der Waals surface area contributed by atoms with Crippen LogP contribution in [0.25, 0.3) is 4.98 Å². The van der Waals surface area contributed by atoms with Crippen LogP contribution in [0.3, 0.4) is 0 Å². The molecule has 2 rings (SSSR count). The molecule has 7 nitrogen and oxygen atoms in total. The van der Waals surface area contributed by atoms with E-state index in [0.717, 1.165) is 0 Å². The summed E-state index contributed by atoms with van der Waals surface area (Å²) in [5.41, 5.74) is 6.82. The van der Waals surface area contributed by atoms with Crippen molar-refractivity contribution in [1.82, 2.24) is 0 Å². The number of nitrogens with two attached hydrogens (primary N) is 1. The Kier molecular flexibility index (Phi) is 5.58. The molecule has 0 aliphatic rings.